The van der Waals surface area contributed by atoms with E-state index in [4.69, 9.17) is 21.1 Å². The molecule has 9 heteroatoms. The maximum Gasteiger partial charge on any atom is 0.163 e. The summed E-state index contributed by atoms with van der Waals surface area (Å²) in [6.45, 7) is 4.97. The summed E-state index contributed by atoms with van der Waals surface area (Å²) in [4.78, 5) is 10.8. The molecule has 7 nitrogen and oxygen atoms in total. The summed E-state index contributed by atoms with van der Waals surface area (Å²) in [7, 11) is 1.54. The first-order valence-electron chi connectivity index (χ1n) is 11.0. The number of fused-ring (bicyclic) bond motifs is 1. The van der Waals surface area contributed by atoms with Gasteiger partial charge in [-0.25, -0.2) is 14.4 Å². The molecule has 0 amide bonds. The van der Waals surface area contributed by atoms with Crippen LogP contribution in [0.2, 0.25) is 5.02 Å². The van der Waals surface area contributed by atoms with Gasteiger partial charge in [-0.3, -0.25) is 0 Å². The maximum atomic E-state index is 14.2. The van der Waals surface area contributed by atoms with Crippen molar-refractivity contribution >= 4 is 34.0 Å². The number of hydrogen-bond donors (Lipinski definition) is 2. The van der Waals surface area contributed by atoms with E-state index < -0.39 is 11.9 Å². The summed E-state index contributed by atoms with van der Waals surface area (Å²) in [6, 6.07) is 7.84. The van der Waals surface area contributed by atoms with Crippen molar-refractivity contribution in [1.29, 1.82) is 0 Å². The number of hydrogen-bond acceptors (Lipinski definition) is 7. The SMILES string of the molecule is COc1cc2c(Nc3ccc(Cl)cc3F)ncnc2cc1OCC(O)CN1CCC(C)CC1. The zero-order valence-corrected chi connectivity index (χ0v) is 19.5. The standard InChI is InChI=1S/C24H28ClFN4O3/c1-15-5-7-30(8-6-15)12-17(31)13-33-23-11-21-18(10-22(23)32-2)24(28-14-27-21)29-20-4-3-16(25)9-19(20)26/h3-4,9-11,14-15,17,31H,5-8,12-13H2,1-2H3,(H,27,28,29). The fourth-order valence-electron chi connectivity index (χ4n) is 3.94. The predicted octanol–water partition coefficient (Wildman–Crippen LogP) is 4.65. The number of rotatable bonds is 8. The quantitative estimate of drug-likeness (QED) is 0.492. The van der Waals surface area contributed by atoms with Crippen LogP contribution in [-0.4, -0.2) is 59.4 Å². The maximum absolute atomic E-state index is 14.2. The number of likely N-dealkylation sites (tertiary alicyclic amines) is 1. The number of nitrogens with zero attached hydrogens (tertiary/aromatic N) is 3. The second-order valence-corrected chi connectivity index (χ2v) is 8.88. The van der Waals surface area contributed by atoms with Gasteiger partial charge in [0.2, 0.25) is 0 Å². The van der Waals surface area contributed by atoms with Crippen LogP contribution in [-0.2, 0) is 0 Å². The number of β-amino-alcohol motifs (C(OH)–C–C–N with tert-alkyl or cyclic N) is 1. The van der Waals surface area contributed by atoms with E-state index in [1.54, 1.807) is 24.3 Å². The van der Waals surface area contributed by atoms with Gasteiger partial charge in [0.1, 0.15) is 30.7 Å². The molecule has 2 N–H and O–H groups in total. The lowest BCUT2D eigenvalue weighted by Crippen LogP contribution is -2.40. The Bertz CT molecular complexity index is 1110. The molecule has 0 bridgehead atoms. The molecule has 4 rings (SSSR count). The van der Waals surface area contributed by atoms with Crippen LogP contribution in [0.25, 0.3) is 10.9 Å². The minimum Gasteiger partial charge on any atom is -0.493 e. The Labute approximate surface area is 197 Å². The van der Waals surface area contributed by atoms with Crippen LogP contribution in [0.15, 0.2) is 36.7 Å². The molecule has 0 spiro atoms. The Morgan fingerprint density at radius 2 is 2.00 bits per heavy atom. The summed E-state index contributed by atoms with van der Waals surface area (Å²) in [6.07, 6.45) is 3.08. The monoisotopic (exact) mass is 474 g/mol. The number of ether oxygens (including phenoxy) is 2. The first-order valence-corrected chi connectivity index (χ1v) is 11.4. The summed E-state index contributed by atoms with van der Waals surface area (Å²) in [5.41, 5.74) is 0.839. The second-order valence-electron chi connectivity index (χ2n) is 8.44. The fraction of sp³-hybridized carbons (Fsp3) is 0.417. The van der Waals surface area contributed by atoms with Gasteiger partial charge in [-0.1, -0.05) is 18.5 Å². The molecule has 33 heavy (non-hydrogen) atoms. The molecule has 0 aliphatic carbocycles. The molecular weight excluding hydrogens is 447 g/mol. The van der Waals surface area contributed by atoms with E-state index in [2.05, 4.69) is 27.1 Å². The Morgan fingerprint density at radius 1 is 1.21 bits per heavy atom. The second kappa shape index (κ2) is 10.5. The highest BCUT2D eigenvalue weighted by molar-refractivity contribution is 6.30. The molecule has 1 atom stereocenters. The number of piperidine rings is 1. The third kappa shape index (κ3) is 5.82. The molecule has 1 aliphatic rings. The summed E-state index contributed by atoms with van der Waals surface area (Å²) >= 11 is 5.84. The summed E-state index contributed by atoms with van der Waals surface area (Å²) < 4.78 is 25.6. The van der Waals surface area contributed by atoms with E-state index in [1.807, 2.05) is 0 Å². The lowest BCUT2D eigenvalue weighted by atomic mass is 9.99. The number of aromatic nitrogens is 2. The molecular formula is C24H28ClFN4O3. The van der Waals surface area contributed by atoms with Crippen molar-refractivity contribution in [1.82, 2.24) is 14.9 Å². The van der Waals surface area contributed by atoms with Gasteiger partial charge in [0.05, 0.1) is 18.3 Å². The van der Waals surface area contributed by atoms with E-state index in [0.29, 0.717) is 39.8 Å². The first kappa shape index (κ1) is 23.5. The number of aliphatic hydroxyl groups excluding tert-OH is 1. The number of benzene rings is 2. The minimum atomic E-state index is -0.616. The van der Waals surface area contributed by atoms with Crippen LogP contribution >= 0.6 is 11.6 Å². The largest absolute Gasteiger partial charge is 0.493 e. The Morgan fingerprint density at radius 3 is 2.73 bits per heavy atom. The van der Waals surface area contributed by atoms with Crippen molar-refractivity contribution in [3.05, 3.63) is 47.5 Å². The van der Waals surface area contributed by atoms with Crippen LogP contribution in [0.5, 0.6) is 11.5 Å². The predicted molar refractivity (Wildman–Crippen MR) is 127 cm³/mol. The van der Waals surface area contributed by atoms with Crippen LogP contribution in [0, 0.1) is 11.7 Å². The van der Waals surface area contributed by atoms with Gasteiger partial charge >= 0.3 is 0 Å². The number of nitrogens with one attached hydrogen (secondary N) is 1. The van der Waals surface area contributed by atoms with Crippen molar-refractivity contribution in [3.8, 4) is 11.5 Å². The van der Waals surface area contributed by atoms with Gasteiger partial charge in [-0.05, 0) is 56.1 Å². The Hall–Kier alpha value is -2.68. The molecule has 1 saturated heterocycles. The van der Waals surface area contributed by atoms with Gasteiger partial charge in [0.25, 0.3) is 0 Å². The lowest BCUT2D eigenvalue weighted by Gasteiger charge is -2.31. The number of anilines is 2. The molecule has 3 aromatic rings. The average molecular weight is 475 g/mol. The normalized spacial score (nSPS) is 16.0. The molecule has 2 heterocycles. The Balaban J connectivity index is 1.49. The van der Waals surface area contributed by atoms with Gasteiger partial charge in [0, 0.05) is 23.0 Å². The van der Waals surface area contributed by atoms with Gasteiger partial charge < -0.3 is 24.8 Å². The highest BCUT2D eigenvalue weighted by atomic mass is 35.5. The molecule has 1 fully saturated rings. The van der Waals surface area contributed by atoms with Gasteiger partial charge in [0.15, 0.2) is 11.5 Å². The highest BCUT2D eigenvalue weighted by Crippen LogP contribution is 2.35. The molecule has 1 unspecified atom stereocenters. The van der Waals surface area contributed by atoms with Crippen LogP contribution < -0.4 is 14.8 Å². The average Bonchev–Trinajstić information content (AvgIpc) is 2.80. The van der Waals surface area contributed by atoms with Crippen LogP contribution in [0.3, 0.4) is 0 Å². The summed E-state index contributed by atoms with van der Waals surface area (Å²) in [5, 5.41) is 14.4. The lowest BCUT2D eigenvalue weighted by molar-refractivity contribution is 0.0555. The third-order valence-corrected chi connectivity index (χ3v) is 6.12. The number of methoxy groups -OCH3 is 1. The van der Waals surface area contributed by atoms with E-state index in [1.165, 1.54) is 19.5 Å². The van der Waals surface area contributed by atoms with Crippen molar-refractivity contribution in [2.75, 3.05) is 38.7 Å². The van der Waals surface area contributed by atoms with Crippen LogP contribution in [0.1, 0.15) is 19.8 Å². The van der Waals surface area contributed by atoms with Crippen LogP contribution in [0.4, 0.5) is 15.9 Å². The van der Waals surface area contributed by atoms with Crippen molar-refractivity contribution in [3.63, 3.8) is 0 Å². The summed E-state index contributed by atoms with van der Waals surface area (Å²) in [5.74, 6) is 1.62. The van der Waals surface area contributed by atoms with Crippen molar-refractivity contribution in [2.45, 2.75) is 25.9 Å². The van der Waals surface area contributed by atoms with Gasteiger partial charge in [-0.15, -0.1) is 0 Å². The van der Waals surface area contributed by atoms with Crippen molar-refractivity contribution < 1.29 is 19.0 Å². The molecule has 176 valence electrons. The molecule has 1 aromatic heterocycles. The zero-order chi connectivity index (χ0) is 23.4. The van der Waals surface area contributed by atoms with E-state index in [9.17, 15) is 9.50 Å². The topological polar surface area (TPSA) is 79.7 Å². The molecule has 1 aliphatic heterocycles. The van der Waals surface area contributed by atoms with E-state index >= 15 is 0 Å². The van der Waals surface area contributed by atoms with Crippen molar-refractivity contribution in [2.24, 2.45) is 5.92 Å². The molecule has 0 saturated carbocycles. The number of halogens is 2. The molecule has 0 radical (unpaired) electrons. The smallest absolute Gasteiger partial charge is 0.163 e. The Kier molecular flexibility index (Phi) is 7.47. The highest BCUT2D eigenvalue weighted by Gasteiger charge is 2.19. The van der Waals surface area contributed by atoms with Gasteiger partial charge in [-0.2, -0.15) is 0 Å². The fourth-order valence-corrected chi connectivity index (χ4v) is 4.09. The molecule has 2 aromatic carbocycles. The zero-order valence-electron chi connectivity index (χ0n) is 18.7. The third-order valence-electron chi connectivity index (χ3n) is 5.88. The first-order chi connectivity index (χ1) is 15.9. The number of aliphatic hydroxyl groups is 1. The minimum absolute atomic E-state index is 0.139. The van der Waals surface area contributed by atoms with E-state index in [-0.39, 0.29) is 12.3 Å². The van der Waals surface area contributed by atoms with E-state index in [0.717, 1.165) is 31.8 Å².